The largest absolute Gasteiger partial charge is 0.387 e. The summed E-state index contributed by atoms with van der Waals surface area (Å²) in [5, 5.41) is 19.0. The number of aliphatic hydroxyl groups is 2. The molecule has 1 saturated carbocycles. The van der Waals surface area contributed by atoms with Gasteiger partial charge in [0.15, 0.2) is 0 Å². The van der Waals surface area contributed by atoms with Crippen molar-refractivity contribution in [3.8, 4) is 0 Å². The molecule has 0 radical (unpaired) electrons. The predicted molar refractivity (Wildman–Crippen MR) is 59.9 cm³/mol. The van der Waals surface area contributed by atoms with Crippen LogP contribution < -0.4 is 0 Å². The van der Waals surface area contributed by atoms with Crippen LogP contribution in [0.25, 0.3) is 0 Å². The van der Waals surface area contributed by atoms with Crippen molar-refractivity contribution in [1.29, 1.82) is 0 Å². The first-order chi connectivity index (χ1) is 7.39. The second-order valence-electron chi connectivity index (χ2n) is 4.41. The maximum absolute atomic E-state index is 11.7. The molecular formula is C10H21O5P. The van der Waals surface area contributed by atoms with Crippen LogP contribution in [0.4, 0.5) is 0 Å². The Balaban J connectivity index is 2.58. The molecule has 1 aliphatic rings. The molecule has 1 atom stereocenters. The highest BCUT2D eigenvalue weighted by Gasteiger charge is 2.46. The van der Waals surface area contributed by atoms with Crippen LogP contribution in [0.1, 0.15) is 51.9 Å². The molecule has 0 amide bonds. The summed E-state index contributed by atoms with van der Waals surface area (Å²) in [5.41, 5.74) is -2.61. The van der Waals surface area contributed by atoms with E-state index in [-0.39, 0.29) is 12.5 Å². The Kier molecular flexibility index (Phi) is 4.95. The Bertz CT molecular complexity index is 260. The van der Waals surface area contributed by atoms with Gasteiger partial charge in [-0.15, -0.1) is 0 Å². The van der Waals surface area contributed by atoms with Crippen molar-refractivity contribution in [3.63, 3.8) is 0 Å². The van der Waals surface area contributed by atoms with Crippen LogP contribution in [-0.4, -0.2) is 26.7 Å². The van der Waals surface area contributed by atoms with Crippen molar-refractivity contribution in [1.82, 2.24) is 0 Å². The Hall–Kier alpha value is 0.0700. The highest BCUT2D eigenvalue weighted by atomic mass is 31.2. The number of hydrogen-bond donors (Lipinski definition) is 3. The Morgan fingerprint density at radius 1 is 1.31 bits per heavy atom. The second-order valence-corrected chi connectivity index (χ2v) is 6.38. The highest BCUT2D eigenvalue weighted by Crippen LogP contribution is 2.56. The van der Waals surface area contributed by atoms with Crippen LogP contribution in [0.2, 0.25) is 0 Å². The molecular weight excluding hydrogens is 231 g/mol. The average Bonchev–Trinajstić information content (AvgIpc) is 2.18. The van der Waals surface area contributed by atoms with E-state index in [0.717, 1.165) is 19.3 Å². The van der Waals surface area contributed by atoms with Crippen LogP contribution in [0.15, 0.2) is 0 Å². The van der Waals surface area contributed by atoms with Crippen molar-refractivity contribution in [2.24, 2.45) is 0 Å². The first kappa shape index (κ1) is 14.1. The van der Waals surface area contributed by atoms with Gasteiger partial charge in [0.05, 0.1) is 6.10 Å². The monoisotopic (exact) mass is 252 g/mol. The van der Waals surface area contributed by atoms with Crippen LogP contribution in [-0.2, 0) is 9.09 Å². The lowest BCUT2D eigenvalue weighted by molar-refractivity contribution is -0.115. The lowest BCUT2D eigenvalue weighted by Gasteiger charge is -2.30. The second kappa shape index (κ2) is 5.61. The summed E-state index contributed by atoms with van der Waals surface area (Å²) in [6.07, 6.45) is 4.39. The van der Waals surface area contributed by atoms with Crippen molar-refractivity contribution >= 4 is 7.60 Å². The molecule has 0 aromatic carbocycles. The summed E-state index contributed by atoms with van der Waals surface area (Å²) >= 11 is 0. The summed E-state index contributed by atoms with van der Waals surface area (Å²) < 4.78 is 16.7. The van der Waals surface area contributed by atoms with E-state index in [1.807, 2.05) is 0 Å². The maximum Gasteiger partial charge on any atom is 0.387 e. The fourth-order valence-corrected chi connectivity index (χ4v) is 3.22. The zero-order chi connectivity index (χ0) is 12.2. The van der Waals surface area contributed by atoms with E-state index >= 15 is 0 Å². The van der Waals surface area contributed by atoms with Crippen molar-refractivity contribution in [2.75, 3.05) is 0 Å². The fraction of sp³-hybridized carbons (Fsp3) is 1.00. The molecule has 0 aromatic rings. The molecule has 0 heterocycles. The molecule has 0 aromatic heterocycles. The summed E-state index contributed by atoms with van der Waals surface area (Å²) in [6.45, 7) is 1.71. The minimum absolute atomic E-state index is 0.159. The molecule has 16 heavy (non-hydrogen) atoms. The average molecular weight is 252 g/mol. The van der Waals surface area contributed by atoms with Crippen LogP contribution in [0.3, 0.4) is 0 Å². The van der Waals surface area contributed by atoms with E-state index in [4.69, 9.17) is 4.52 Å². The Morgan fingerprint density at radius 2 is 1.88 bits per heavy atom. The van der Waals surface area contributed by atoms with Gasteiger partial charge >= 0.3 is 7.60 Å². The Morgan fingerprint density at radius 3 is 2.38 bits per heavy atom. The van der Waals surface area contributed by atoms with Crippen LogP contribution in [0, 0.1) is 0 Å². The predicted octanol–water partition coefficient (Wildman–Crippen LogP) is 1.96. The SMILES string of the molecule is CCCC(O)(O)P(=O)(O)OC1CCCCC1. The summed E-state index contributed by atoms with van der Waals surface area (Å²) in [7, 11) is -4.37. The van der Waals surface area contributed by atoms with Gasteiger partial charge in [-0.3, -0.25) is 4.57 Å². The van der Waals surface area contributed by atoms with Gasteiger partial charge in [-0.2, -0.15) is 0 Å². The summed E-state index contributed by atoms with van der Waals surface area (Å²) in [4.78, 5) is 9.56. The normalized spacial score (nSPS) is 23.0. The van der Waals surface area contributed by atoms with E-state index < -0.39 is 13.1 Å². The van der Waals surface area contributed by atoms with E-state index in [9.17, 15) is 19.7 Å². The minimum Gasteiger partial charge on any atom is -0.356 e. The van der Waals surface area contributed by atoms with Crippen molar-refractivity contribution < 1.29 is 24.2 Å². The van der Waals surface area contributed by atoms with Gasteiger partial charge in [0, 0.05) is 6.42 Å². The smallest absolute Gasteiger partial charge is 0.356 e. The van der Waals surface area contributed by atoms with E-state index in [0.29, 0.717) is 19.3 Å². The lowest BCUT2D eigenvalue weighted by Crippen LogP contribution is -2.31. The van der Waals surface area contributed by atoms with Gasteiger partial charge in [-0.25, -0.2) is 0 Å². The van der Waals surface area contributed by atoms with Gasteiger partial charge in [0.2, 0.25) is 0 Å². The summed E-state index contributed by atoms with van der Waals surface area (Å²) in [6, 6.07) is 0. The zero-order valence-electron chi connectivity index (χ0n) is 9.63. The molecule has 1 fully saturated rings. The fourth-order valence-electron chi connectivity index (χ4n) is 1.93. The molecule has 0 aliphatic heterocycles. The van der Waals surface area contributed by atoms with E-state index in [2.05, 4.69) is 0 Å². The van der Waals surface area contributed by atoms with Gasteiger partial charge in [-0.1, -0.05) is 32.6 Å². The molecule has 5 nitrogen and oxygen atoms in total. The van der Waals surface area contributed by atoms with E-state index in [1.165, 1.54) is 0 Å². The van der Waals surface area contributed by atoms with Gasteiger partial charge < -0.3 is 19.6 Å². The molecule has 96 valence electrons. The van der Waals surface area contributed by atoms with Gasteiger partial charge in [0.25, 0.3) is 5.53 Å². The number of hydrogen-bond acceptors (Lipinski definition) is 4. The first-order valence-corrected chi connectivity index (χ1v) is 7.43. The molecule has 0 bridgehead atoms. The highest BCUT2D eigenvalue weighted by molar-refractivity contribution is 7.54. The molecule has 3 N–H and O–H groups in total. The topological polar surface area (TPSA) is 87.0 Å². The van der Waals surface area contributed by atoms with Crippen molar-refractivity contribution in [2.45, 2.75) is 63.5 Å². The minimum atomic E-state index is -4.37. The molecule has 0 spiro atoms. The number of rotatable bonds is 5. The standard InChI is InChI=1S/C10H21O5P/c1-2-8-10(11,12)16(13,14)15-9-6-4-3-5-7-9/h9,11-12H,2-8H2,1H3,(H,13,14). The molecule has 1 rings (SSSR count). The molecule has 6 heteroatoms. The van der Waals surface area contributed by atoms with Crippen LogP contribution in [0.5, 0.6) is 0 Å². The Labute approximate surface area is 96.0 Å². The van der Waals surface area contributed by atoms with Gasteiger partial charge in [0.1, 0.15) is 0 Å². The maximum atomic E-state index is 11.7. The summed E-state index contributed by atoms with van der Waals surface area (Å²) in [5.74, 6) is 0. The molecule has 1 unspecified atom stereocenters. The molecule has 0 saturated heterocycles. The third-order valence-corrected chi connectivity index (χ3v) is 4.59. The lowest BCUT2D eigenvalue weighted by atomic mass is 9.98. The third-order valence-electron chi connectivity index (χ3n) is 2.88. The van der Waals surface area contributed by atoms with Crippen LogP contribution >= 0.6 is 7.60 Å². The quantitative estimate of drug-likeness (QED) is 0.514. The van der Waals surface area contributed by atoms with E-state index in [1.54, 1.807) is 6.92 Å². The van der Waals surface area contributed by atoms with Gasteiger partial charge in [-0.05, 0) is 12.8 Å². The zero-order valence-corrected chi connectivity index (χ0v) is 10.5. The van der Waals surface area contributed by atoms with Crippen molar-refractivity contribution in [3.05, 3.63) is 0 Å². The first-order valence-electron chi connectivity index (χ1n) is 5.85. The third kappa shape index (κ3) is 3.54. The molecule has 1 aliphatic carbocycles.